The van der Waals surface area contributed by atoms with E-state index in [-0.39, 0.29) is 10.8 Å². The molecule has 312 valence electrons. The van der Waals surface area contributed by atoms with Crippen molar-refractivity contribution in [3.05, 3.63) is 280 Å². The molecule has 0 saturated heterocycles. The SMILES string of the molecule is CC1(C)c2ccccc2-c2cccc(C3=C4C(=C(c5cccc6c5C(C)(C)c5ccccc5-6)c5cc(-c6ccccc6)c(-c6ccccc6)cc54)C(c4ccccc4)=C3c3ccccc3)c21. The molecule has 66 heavy (non-hydrogen) atoms. The molecular formula is C66H48. The van der Waals surface area contributed by atoms with E-state index in [4.69, 9.17) is 0 Å². The average Bonchev–Trinajstić information content (AvgIpc) is 4.03. The zero-order chi connectivity index (χ0) is 44.3. The van der Waals surface area contributed by atoms with Crippen LogP contribution in [-0.4, -0.2) is 0 Å². The third-order valence-corrected chi connectivity index (χ3v) is 15.2. The van der Waals surface area contributed by atoms with Gasteiger partial charge in [0, 0.05) is 10.8 Å². The third kappa shape index (κ3) is 5.39. The molecule has 0 spiro atoms. The van der Waals surface area contributed by atoms with Crippen molar-refractivity contribution >= 4 is 27.9 Å². The van der Waals surface area contributed by atoms with E-state index in [1.165, 1.54) is 134 Å². The van der Waals surface area contributed by atoms with E-state index in [0.29, 0.717) is 0 Å². The van der Waals surface area contributed by atoms with Crippen molar-refractivity contribution in [3.8, 4) is 44.5 Å². The first kappa shape index (κ1) is 38.6. The molecule has 4 aliphatic rings. The lowest BCUT2D eigenvalue weighted by Gasteiger charge is -2.27. The highest BCUT2D eigenvalue weighted by Crippen LogP contribution is 2.65. The first-order valence-electron chi connectivity index (χ1n) is 23.4. The minimum atomic E-state index is -0.232. The van der Waals surface area contributed by atoms with Crippen LogP contribution in [0.2, 0.25) is 0 Å². The predicted octanol–water partition coefficient (Wildman–Crippen LogP) is 17.0. The second kappa shape index (κ2) is 14.4. The fourth-order valence-electron chi connectivity index (χ4n) is 12.5. The summed E-state index contributed by atoms with van der Waals surface area (Å²) in [5.41, 5.74) is 30.8. The minimum Gasteiger partial charge on any atom is -0.0622 e. The molecule has 0 heterocycles. The maximum atomic E-state index is 2.55. The van der Waals surface area contributed by atoms with E-state index in [2.05, 4.69) is 246 Å². The molecule has 0 nitrogen and oxygen atoms in total. The third-order valence-electron chi connectivity index (χ3n) is 15.2. The zero-order valence-electron chi connectivity index (χ0n) is 37.8. The normalized spacial score (nSPS) is 15.6. The molecule has 9 aromatic carbocycles. The van der Waals surface area contributed by atoms with Gasteiger partial charge in [0.25, 0.3) is 0 Å². The molecule has 0 amide bonds. The lowest BCUT2D eigenvalue weighted by molar-refractivity contribution is 0.658. The first-order valence-corrected chi connectivity index (χ1v) is 23.4. The van der Waals surface area contributed by atoms with Gasteiger partial charge in [0.15, 0.2) is 0 Å². The molecule has 13 rings (SSSR count). The largest absolute Gasteiger partial charge is 0.0622 e. The van der Waals surface area contributed by atoms with Crippen LogP contribution in [0.3, 0.4) is 0 Å². The van der Waals surface area contributed by atoms with Gasteiger partial charge in [-0.15, -0.1) is 0 Å². The highest BCUT2D eigenvalue weighted by Gasteiger charge is 2.46. The molecule has 0 unspecified atom stereocenters. The Balaban J connectivity index is 1.25. The van der Waals surface area contributed by atoms with E-state index in [1.807, 2.05) is 0 Å². The van der Waals surface area contributed by atoms with Gasteiger partial charge in [0.2, 0.25) is 0 Å². The van der Waals surface area contributed by atoms with Gasteiger partial charge < -0.3 is 0 Å². The smallest absolute Gasteiger partial charge is 0.0165 e. The van der Waals surface area contributed by atoms with Gasteiger partial charge in [-0.2, -0.15) is 0 Å². The monoisotopic (exact) mass is 840 g/mol. The van der Waals surface area contributed by atoms with Crippen molar-refractivity contribution in [2.24, 2.45) is 0 Å². The molecule has 0 atom stereocenters. The van der Waals surface area contributed by atoms with Crippen LogP contribution in [0.4, 0.5) is 0 Å². The van der Waals surface area contributed by atoms with Crippen molar-refractivity contribution in [3.63, 3.8) is 0 Å². The molecule has 0 N–H and O–H groups in total. The van der Waals surface area contributed by atoms with Crippen molar-refractivity contribution in [1.29, 1.82) is 0 Å². The quantitative estimate of drug-likeness (QED) is 0.156. The number of rotatable bonds is 6. The lowest BCUT2D eigenvalue weighted by atomic mass is 9.76. The molecule has 0 heteroatoms. The summed E-state index contributed by atoms with van der Waals surface area (Å²) in [4.78, 5) is 0. The van der Waals surface area contributed by atoms with Crippen LogP contribution in [0, 0.1) is 0 Å². The summed E-state index contributed by atoms with van der Waals surface area (Å²) < 4.78 is 0. The molecule has 0 aromatic heterocycles. The predicted molar refractivity (Wildman–Crippen MR) is 278 cm³/mol. The van der Waals surface area contributed by atoms with Crippen LogP contribution in [0.5, 0.6) is 0 Å². The van der Waals surface area contributed by atoms with Crippen molar-refractivity contribution < 1.29 is 0 Å². The summed E-state index contributed by atoms with van der Waals surface area (Å²) in [6.07, 6.45) is 0. The Hall–Kier alpha value is -7.80. The second-order valence-corrected chi connectivity index (χ2v) is 19.5. The molecule has 0 fully saturated rings. The molecule has 0 saturated carbocycles. The van der Waals surface area contributed by atoms with Crippen LogP contribution >= 0.6 is 0 Å². The van der Waals surface area contributed by atoms with E-state index in [9.17, 15) is 0 Å². The van der Waals surface area contributed by atoms with Crippen LogP contribution in [0.1, 0.15) is 83.3 Å². The van der Waals surface area contributed by atoms with Crippen molar-refractivity contribution in [1.82, 2.24) is 0 Å². The Morgan fingerprint density at radius 3 is 0.985 bits per heavy atom. The maximum absolute atomic E-state index is 2.55. The minimum absolute atomic E-state index is 0.231. The van der Waals surface area contributed by atoms with Crippen LogP contribution in [-0.2, 0) is 10.8 Å². The molecule has 0 radical (unpaired) electrons. The van der Waals surface area contributed by atoms with Crippen molar-refractivity contribution in [2.75, 3.05) is 0 Å². The van der Waals surface area contributed by atoms with Gasteiger partial charge >= 0.3 is 0 Å². The molecular weight excluding hydrogens is 793 g/mol. The van der Waals surface area contributed by atoms with Gasteiger partial charge in [-0.25, -0.2) is 0 Å². The summed E-state index contributed by atoms with van der Waals surface area (Å²) >= 11 is 0. The summed E-state index contributed by atoms with van der Waals surface area (Å²) in [6, 6.07) is 82.0. The van der Waals surface area contributed by atoms with Gasteiger partial charge in [-0.1, -0.05) is 234 Å². The van der Waals surface area contributed by atoms with Crippen LogP contribution in [0.15, 0.2) is 224 Å². The van der Waals surface area contributed by atoms with Crippen molar-refractivity contribution in [2.45, 2.75) is 38.5 Å². The number of hydrogen-bond acceptors (Lipinski definition) is 0. The van der Waals surface area contributed by atoms with Gasteiger partial charge in [0.05, 0.1) is 0 Å². The molecule has 9 aromatic rings. The Morgan fingerprint density at radius 1 is 0.212 bits per heavy atom. The average molecular weight is 841 g/mol. The van der Waals surface area contributed by atoms with Gasteiger partial charge in [0.1, 0.15) is 0 Å². The van der Waals surface area contributed by atoms with E-state index in [1.54, 1.807) is 0 Å². The zero-order valence-corrected chi connectivity index (χ0v) is 37.8. The van der Waals surface area contributed by atoms with Crippen LogP contribution in [0.25, 0.3) is 72.4 Å². The lowest BCUT2D eigenvalue weighted by Crippen LogP contribution is -2.17. The first-order chi connectivity index (χ1) is 32.3. The Morgan fingerprint density at radius 2 is 0.530 bits per heavy atom. The van der Waals surface area contributed by atoms with E-state index < -0.39 is 0 Å². The highest BCUT2D eigenvalue weighted by molar-refractivity contribution is 6.40. The van der Waals surface area contributed by atoms with E-state index in [0.717, 1.165) is 0 Å². The molecule has 0 aliphatic heterocycles. The molecule has 4 aliphatic carbocycles. The van der Waals surface area contributed by atoms with Gasteiger partial charge in [-0.05, 0) is 146 Å². The topological polar surface area (TPSA) is 0 Å². The van der Waals surface area contributed by atoms with E-state index >= 15 is 0 Å². The van der Waals surface area contributed by atoms with Gasteiger partial charge in [-0.3, -0.25) is 0 Å². The molecule has 0 bridgehead atoms. The highest BCUT2D eigenvalue weighted by atomic mass is 14.5. The Kier molecular flexibility index (Phi) is 8.40. The summed E-state index contributed by atoms with van der Waals surface area (Å²) in [7, 11) is 0. The standard InChI is InChI=1S/C66H48/c1-65(2)55-37-19-17-31-45(55)47-33-21-35-49(63(47)65)59-53-39-51(41-23-9-5-10-24-41)52(42-25-11-6-12-26-42)40-54(53)61-60(50-36-22-34-48-46-32-18-20-38-56(46)66(3,4)64(48)50)57(43-27-13-7-14-28-43)58(62(59)61)44-29-15-8-16-30-44/h5-40H,1-4H3. The number of allylic oxidation sites excluding steroid dienone is 5. The number of benzene rings is 9. The van der Waals surface area contributed by atoms with Crippen LogP contribution < -0.4 is 0 Å². The fraction of sp³-hybridized carbons (Fsp3) is 0.0909. The fourth-order valence-corrected chi connectivity index (χ4v) is 12.5. The number of hydrogen-bond donors (Lipinski definition) is 0. The summed E-state index contributed by atoms with van der Waals surface area (Å²) in [5.74, 6) is 0. The Labute approximate surface area is 388 Å². The summed E-state index contributed by atoms with van der Waals surface area (Å²) in [5, 5.41) is 0. The Bertz CT molecular complexity index is 3580. The number of fused-ring (bicyclic) bond motifs is 9. The maximum Gasteiger partial charge on any atom is 0.0165 e. The second-order valence-electron chi connectivity index (χ2n) is 19.5. The summed E-state index contributed by atoms with van der Waals surface area (Å²) in [6.45, 7) is 9.73.